The Balaban J connectivity index is 1.46. The van der Waals surface area contributed by atoms with Crippen LogP contribution in [0.2, 0.25) is 6.32 Å². The lowest BCUT2D eigenvalue weighted by atomic mass is 9.73. The van der Waals surface area contributed by atoms with Crippen LogP contribution in [0.15, 0.2) is 36.5 Å². The van der Waals surface area contributed by atoms with E-state index in [1.54, 1.807) is 11.1 Å². The highest BCUT2D eigenvalue weighted by Crippen LogP contribution is 2.32. The number of hydrogen-bond donors (Lipinski definition) is 1. The number of carbonyl (C=O) groups is 1. The number of amides is 1. The standard InChI is InChI=1S/C22H30BN5O/c1-16(17-7-9-18(10-8-17)27-13-5-4-6-14-27)25-21-24-12-11-19(26-21)28-20(29)23-15-22(28,2)3/h7-12,16,23H,4-6,13-15H2,1-3H3,(H,24,25,26). The normalized spacial score (nSPS) is 19.8. The number of benzene rings is 1. The first-order chi connectivity index (χ1) is 13.9. The Bertz CT molecular complexity index is 864. The van der Waals surface area contributed by atoms with Gasteiger partial charge in [-0.15, -0.1) is 0 Å². The van der Waals surface area contributed by atoms with Crippen LogP contribution >= 0.6 is 0 Å². The van der Waals surface area contributed by atoms with Crippen LogP contribution in [0.25, 0.3) is 0 Å². The fourth-order valence-corrected chi connectivity index (χ4v) is 4.36. The number of carbonyl (C=O) groups excluding carboxylic acids is 1. The molecule has 1 amide bonds. The molecule has 2 aromatic rings. The second-order valence-electron chi connectivity index (χ2n) is 8.79. The average Bonchev–Trinajstić information content (AvgIpc) is 3.01. The van der Waals surface area contributed by atoms with E-state index in [9.17, 15) is 4.79 Å². The van der Waals surface area contributed by atoms with Crippen molar-refractivity contribution < 1.29 is 4.79 Å². The largest absolute Gasteiger partial charge is 0.372 e. The van der Waals surface area contributed by atoms with Gasteiger partial charge in [-0.1, -0.05) is 12.1 Å². The predicted molar refractivity (Wildman–Crippen MR) is 120 cm³/mol. The van der Waals surface area contributed by atoms with E-state index in [-0.39, 0.29) is 17.4 Å². The Morgan fingerprint density at radius 2 is 1.83 bits per heavy atom. The zero-order valence-electron chi connectivity index (χ0n) is 17.7. The summed E-state index contributed by atoms with van der Waals surface area (Å²) in [4.78, 5) is 25.6. The zero-order valence-corrected chi connectivity index (χ0v) is 17.7. The van der Waals surface area contributed by atoms with Crippen molar-refractivity contribution >= 4 is 30.5 Å². The summed E-state index contributed by atoms with van der Waals surface area (Å²) in [5.74, 6) is 1.34. The third kappa shape index (κ3) is 4.23. The van der Waals surface area contributed by atoms with Crippen LogP contribution < -0.4 is 15.1 Å². The topological polar surface area (TPSA) is 61.4 Å². The fourth-order valence-electron chi connectivity index (χ4n) is 4.36. The summed E-state index contributed by atoms with van der Waals surface area (Å²) in [6, 6.07) is 10.7. The van der Waals surface area contributed by atoms with Gasteiger partial charge in [-0.3, -0.25) is 4.79 Å². The summed E-state index contributed by atoms with van der Waals surface area (Å²) < 4.78 is 0. The SMILES string of the molecule is CC(Nc1nccc(N2C(=O)BCC2(C)C)n1)c1ccc(N2CCCCC2)cc1. The van der Waals surface area contributed by atoms with Gasteiger partial charge in [0.2, 0.25) is 13.2 Å². The van der Waals surface area contributed by atoms with Crippen molar-refractivity contribution in [3.63, 3.8) is 0 Å². The third-order valence-electron chi connectivity index (χ3n) is 6.14. The maximum Gasteiger partial charge on any atom is 0.237 e. The molecule has 1 aromatic heterocycles. The van der Waals surface area contributed by atoms with Crippen LogP contribution in [0.3, 0.4) is 0 Å². The summed E-state index contributed by atoms with van der Waals surface area (Å²) >= 11 is 0. The average molecular weight is 391 g/mol. The zero-order chi connectivity index (χ0) is 20.4. The molecular weight excluding hydrogens is 361 g/mol. The summed E-state index contributed by atoms with van der Waals surface area (Å²) in [5, 5.41) is 3.39. The van der Waals surface area contributed by atoms with Crippen LogP contribution in [-0.4, -0.2) is 41.7 Å². The maximum atomic E-state index is 12.3. The highest BCUT2D eigenvalue weighted by molar-refractivity contribution is 6.78. The first-order valence-corrected chi connectivity index (χ1v) is 10.7. The van der Waals surface area contributed by atoms with Crippen LogP contribution in [0.1, 0.15) is 51.6 Å². The number of piperidine rings is 1. The summed E-state index contributed by atoms with van der Waals surface area (Å²) in [7, 11) is 0.569. The maximum absolute atomic E-state index is 12.3. The quantitative estimate of drug-likeness (QED) is 0.774. The fraction of sp³-hybridized carbons (Fsp3) is 0.500. The van der Waals surface area contributed by atoms with Crippen LogP contribution in [0.4, 0.5) is 22.2 Å². The van der Waals surface area contributed by atoms with Crippen molar-refractivity contribution in [2.45, 2.75) is 57.9 Å². The van der Waals surface area contributed by atoms with Crippen LogP contribution in [-0.2, 0) is 0 Å². The molecule has 1 atom stereocenters. The molecule has 0 spiro atoms. The molecule has 2 fully saturated rings. The monoisotopic (exact) mass is 391 g/mol. The molecule has 6 nitrogen and oxygen atoms in total. The van der Waals surface area contributed by atoms with E-state index < -0.39 is 0 Å². The molecule has 2 aliphatic heterocycles. The van der Waals surface area contributed by atoms with Gasteiger partial charge in [-0.05, 0) is 70.1 Å². The van der Waals surface area contributed by atoms with E-state index in [1.807, 2.05) is 6.07 Å². The van der Waals surface area contributed by atoms with Crippen molar-refractivity contribution in [3.05, 3.63) is 42.1 Å². The number of nitrogens with zero attached hydrogens (tertiary/aromatic N) is 4. The lowest BCUT2D eigenvalue weighted by Crippen LogP contribution is -2.41. The number of aromatic nitrogens is 2. The minimum absolute atomic E-state index is 0.0722. The lowest BCUT2D eigenvalue weighted by molar-refractivity contribution is 0.261. The van der Waals surface area contributed by atoms with E-state index in [2.05, 4.69) is 65.2 Å². The molecule has 0 radical (unpaired) electrons. The Kier molecular flexibility index (Phi) is 5.48. The molecule has 2 aliphatic rings. The first-order valence-electron chi connectivity index (χ1n) is 10.7. The molecule has 4 rings (SSSR count). The van der Waals surface area contributed by atoms with Crippen molar-refractivity contribution in [3.8, 4) is 0 Å². The molecule has 1 aromatic carbocycles. The smallest absolute Gasteiger partial charge is 0.237 e. The molecule has 29 heavy (non-hydrogen) atoms. The molecular formula is C22H30BN5O. The molecule has 1 N–H and O–H groups in total. The minimum Gasteiger partial charge on any atom is -0.372 e. The van der Waals surface area contributed by atoms with Gasteiger partial charge in [-0.25, -0.2) is 4.98 Å². The van der Waals surface area contributed by atoms with Gasteiger partial charge >= 0.3 is 0 Å². The Hall–Kier alpha value is -2.57. The highest BCUT2D eigenvalue weighted by Gasteiger charge is 2.40. The number of hydrogen-bond acceptors (Lipinski definition) is 5. The second kappa shape index (κ2) is 8.05. The Morgan fingerprint density at radius 3 is 2.48 bits per heavy atom. The summed E-state index contributed by atoms with van der Waals surface area (Å²) in [5.41, 5.74) is 2.28. The van der Waals surface area contributed by atoms with Crippen molar-refractivity contribution in [2.75, 3.05) is 28.2 Å². The minimum atomic E-state index is -0.210. The second-order valence-corrected chi connectivity index (χ2v) is 8.79. The Labute approximate surface area is 174 Å². The Morgan fingerprint density at radius 1 is 1.10 bits per heavy atom. The predicted octanol–water partition coefficient (Wildman–Crippen LogP) is 4.21. The van der Waals surface area contributed by atoms with Gasteiger partial charge in [0.05, 0.1) is 6.04 Å². The van der Waals surface area contributed by atoms with Gasteiger partial charge in [0, 0.05) is 30.5 Å². The van der Waals surface area contributed by atoms with E-state index in [0.717, 1.165) is 19.4 Å². The molecule has 0 aliphatic carbocycles. The molecule has 0 bridgehead atoms. The van der Waals surface area contributed by atoms with Gasteiger partial charge < -0.3 is 15.1 Å². The van der Waals surface area contributed by atoms with E-state index in [4.69, 9.17) is 0 Å². The van der Waals surface area contributed by atoms with Crippen LogP contribution in [0.5, 0.6) is 0 Å². The number of anilines is 3. The molecule has 3 heterocycles. The summed E-state index contributed by atoms with van der Waals surface area (Å²) in [6.45, 7) is 8.58. The van der Waals surface area contributed by atoms with E-state index >= 15 is 0 Å². The summed E-state index contributed by atoms with van der Waals surface area (Å²) in [6.07, 6.45) is 6.47. The van der Waals surface area contributed by atoms with Gasteiger partial charge in [0.15, 0.2) is 5.81 Å². The molecule has 0 saturated carbocycles. The highest BCUT2D eigenvalue weighted by atomic mass is 16.2. The molecule has 2 saturated heterocycles. The van der Waals surface area contributed by atoms with Gasteiger partial charge in [-0.2, -0.15) is 4.98 Å². The molecule has 7 heteroatoms. The number of nitrogens with one attached hydrogen (secondary N) is 1. The van der Waals surface area contributed by atoms with E-state index in [1.165, 1.54) is 30.5 Å². The van der Waals surface area contributed by atoms with Crippen LogP contribution in [0, 0.1) is 0 Å². The van der Waals surface area contributed by atoms with E-state index in [0.29, 0.717) is 19.0 Å². The van der Waals surface area contributed by atoms with Crippen molar-refractivity contribution in [1.82, 2.24) is 9.97 Å². The third-order valence-corrected chi connectivity index (χ3v) is 6.14. The molecule has 1 unspecified atom stereocenters. The lowest BCUT2D eigenvalue weighted by Gasteiger charge is -2.31. The molecule has 152 valence electrons. The first kappa shape index (κ1) is 19.7. The number of rotatable bonds is 5. The van der Waals surface area contributed by atoms with Crippen molar-refractivity contribution in [1.29, 1.82) is 0 Å². The van der Waals surface area contributed by atoms with Gasteiger partial charge in [0.25, 0.3) is 0 Å². The van der Waals surface area contributed by atoms with Gasteiger partial charge in [0.1, 0.15) is 5.82 Å². The van der Waals surface area contributed by atoms with Crippen molar-refractivity contribution in [2.24, 2.45) is 0 Å².